The number of guanidine groups is 1. The zero-order chi connectivity index (χ0) is 18.2. The van der Waals surface area contributed by atoms with Gasteiger partial charge in [-0.15, -0.1) is 24.0 Å². The molecule has 0 aliphatic carbocycles. The summed E-state index contributed by atoms with van der Waals surface area (Å²) >= 11 is 3.24. The fraction of sp³-hybridized carbons (Fsp3) is 0.529. The van der Waals surface area contributed by atoms with Crippen molar-refractivity contribution in [3.8, 4) is 0 Å². The quantitative estimate of drug-likeness (QED) is 0.230. The van der Waals surface area contributed by atoms with Gasteiger partial charge in [0.1, 0.15) is 5.82 Å². The molecule has 142 valence electrons. The van der Waals surface area contributed by atoms with Crippen LogP contribution < -0.4 is 16.0 Å². The number of carbonyl (C=O) groups is 1. The minimum absolute atomic E-state index is 0. The van der Waals surface area contributed by atoms with Gasteiger partial charge >= 0.3 is 0 Å². The van der Waals surface area contributed by atoms with Gasteiger partial charge in [-0.1, -0.05) is 22.0 Å². The lowest BCUT2D eigenvalue weighted by Crippen LogP contribution is -2.48. The summed E-state index contributed by atoms with van der Waals surface area (Å²) < 4.78 is 14.5. The van der Waals surface area contributed by atoms with Gasteiger partial charge in [0, 0.05) is 23.6 Å². The summed E-state index contributed by atoms with van der Waals surface area (Å²) in [5.74, 6) is 0.253. The van der Waals surface area contributed by atoms with Gasteiger partial charge in [0.05, 0.1) is 6.54 Å². The van der Waals surface area contributed by atoms with Crippen LogP contribution in [0.5, 0.6) is 0 Å². The Balaban J connectivity index is 0.00000576. The SMILES string of the molecule is CN=C(NCCCc1ccc(Br)cc1F)NCC(=O)NC(C)(C)C.I. The first-order valence-corrected chi connectivity index (χ1v) is 8.70. The van der Waals surface area contributed by atoms with E-state index in [9.17, 15) is 9.18 Å². The Kier molecular flexibility index (Phi) is 11.2. The molecule has 0 aliphatic rings. The highest BCUT2D eigenvalue weighted by Crippen LogP contribution is 2.16. The summed E-state index contributed by atoms with van der Waals surface area (Å²) in [6.45, 7) is 6.58. The third kappa shape index (κ3) is 10.6. The second-order valence-corrected chi connectivity index (χ2v) is 7.41. The maximum absolute atomic E-state index is 13.7. The number of nitrogens with zero attached hydrogens (tertiary/aromatic N) is 1. The molecule has 0 aliphatic heterocycles. The van der Waals surface area contributed by atoms with Crippen molar-refractivity contribution in [3.05, 3.63) is 34.1 Å². The summed E-state index contributed by atoms with van der Waals surface area (Å²) in [7, 11) is 1.64. The van der Waals surface area contributed by atoms with Gasteiger partial charge in [0.15, 0.2) is 5.96 Å². The average Bonchev–Trinajstić information content (AvgIpc) is 2.46. The van der Waals surface area contributed by atoms with Gasteiger partial charge in [-0.3, -0.25) is 9.79 Å². The standard InChI is InChI=1S/C17H26BrFN4O.HI/c1-17(2,3)23-15(24)11-22-16(20-4)21-9-5-6-12-7-8-13(18)10-14(12)19;/h7-8,10H,5-6,9,11H2,1-4H3,(H,23,24)(H2,20,21,22);1H. The maximum atomic E-state index is 13.7. The van der Waals surface area contributed by atoms with Gasteiger partial charge in [0.25, 0.3) is 0 Å². The van der Waals surface area contributed by atoms with E-state index < -0.39 is 0 Å². The Morgan fingerprint density at radius 1 is 1.28 bits per heavy atom. The fourth-order valence-corrected chi connectivity index (χ4v) is 2.39. The molecule has 0 radical (unpaired) electrons. The highest BCUT2D eigenvalue weighted by Gasteiger charge is 2.13. The molecule has 5 nitrogen and oxygen atoms in total. The molecule has 0 saturated heterocycles. The van der Waals surface area contributed by atoms with Crippen LogP contribution in [0, 0.1) is 5.82 Å². The molecular formula is C17H27BrFIN4O. The predicted octanol–water partition coefficient (Wildman–Crippen LogP) is 3.22. The average molecular weight is 529 g/mol. The van der Waals surface area contributed by atoms with Crippen molar-refractivity contribution in [1.29, 1.82) is 0 Å². The molecule has 1 aromatic rings. The van der Waals surface area contributed by atoms with Crippen LogP contribution >= 0.6 is 39.9 Å². The van der Waals surface area contributed by atoms with E-state index >= 15 is 0 Å². The first-order chi connectivity index (χ1) is 11.2. The van der Waals surface area contributed by atoms with Gasteiger partial charge < -0.3 is 16.0 Å². The summed E-state index contributed by atoms with van der Waals surface area (Å²) in [6.07, 6.45) is 1.39. The lowest BCUT2D eigenvalue weighted by Gasteiger charge is -2.21. The van der Waals surface area contributed by atoms with Crippen LogP contribution in [-0.2, 0) is 11.2 Å². The zero-order valence-corrected chi connectivity index (χ0v) is 19.0. The number of carbonyl (C=O) groups excluding carboxylic acids is 1. The van der Waals surface area contributed by atoms with Crippen LogP contribution in [0.4, 0.5) is 4.39 Å². The smallest absolute Gasteiger partial charge is 0.239 e. The molecule has 0 bridgehead atoms. The van der Waals surface area contributed by atoms with E-state index in [1.54, 1.807) is 13.1 Å². The summed E-state index contributed by atoms with van der Waals surface area (Å²) in [4.78, 5) is 15.8. The normalized spacial score (nSPS) is 11.5. The number of aliphatic imine (C=N–C) groups is 1. The Hall–Kier alpha value is -0.900. The van der Waals surface area contributed by atoms with E-state index in [-0.39, 0.29) is 47.8 Å². The van der Waals surface area contributed by atoms with E-state index in [0.717, 1.165) is 10.9 Å². The topological polar surface area (TPSA) is 65.5 Å². The second-order valence-electron chi connectivity index (χ2n) is 6.49. The Labute approximate surface area is 174 Å². The third-order valence-electron chi connectivity index (χ3n) is 3.08. The highest BCUT2D eigenvalue weighted by molar-refractivity contribution is 14.0. The van der Waals surface area contributed by atoms with Gasteiger partial charge in [0.2, 0.25) is 5.91 Å². The van der Waals surface area contributed by atoms with Crippen LogP contribution in [0.1, 0.15) is 32.8 Å². The highest BCUT2D eigenvalue weighted by atomic mass is 127. The molecule has 0 spiro atoms. The molecule has 0 fully saturated rings. The number of hydrogen-bond acceptors (Lipinski definition) is 2. The third-order valence-corrected chi connectivity index (χ3v) is 3.58. The molecule has 0 saturated carbocycles. The number of nitrogens with one attached hydrogen (secondary N) is 3. The Bertz CT molecular complexity index is 591. The number of rotatable bonds is 6. The number of amides is 1. The molecule has 1 amide bonds. The summed E-state index contributed by atoms with van der Waals surface area (Å²) in [6, 6.07) is 5.08. The first kappa shape index (κ1) is 24.1. The largest absolute Gasteiger partial charge is 0.356 e. The fourth-order valence-electron chi connectivity index (χ4n) is 2.06. The molecule has 1 aromatic carbocycles. The van der Waals surface area contributed by atoms with Crippen molar-refractivity contribution in [2.45, 2.75) is 39.2 Å². The number of aryl methyl sites for hydroxylation is 1. The minimum atomic E-state index is -0.259. The van der Waals surface area contributed by atoms with Crippen molar-refractivity contribution in [3.63, 3.8) is 0 Å². The Morgan fingerprint density at radius 2 is 1.96 bits per heavy atom. The van der Waals surface area contributed by atoms with E-state index in [2.05, 4.69) is 36.9 Å². The molecule has 0 unspecified atom stereocenters. The van der Waals surface area contributed by atoms with E-state index in [1.165, 1.54) is 6.07 Å². The number of hydrogen-bond donors (Lipinski definition) is 3. The molecule has 0 aromatic heterocycles. The van der Waals surface area contributed by atoms with Gasteiger partial charge in [-0.25, -0.2) is 4.39 Å². The number of benzene rings is 1. The number of halogens is 3. The molecular weight excluding hydrogens is 502 g/mol. The molecule has 1 rings (SSSR count). The van der Waals surface area contributed by atoms with Crippen molar-refractivity contribution >= 4 is 51.8 Å². The molecule has 0 heterocycles. The maximum Gasteiger partial charge on any atom is 0.239 e. The van der Waals surface area contributed by atoms with Crippen LogP contribution in [0.15, 0.2) is 27.7 Å². The van der Waals surface area contributed by atoms with E-state index in [0.29, 0.717) is 24.5 Å². The lowest BCUT2D eigenvalue weighted by atomic mass is 10.1. The van der Waals surface area contributed by atoms with Crippen molar-refractivity contribution in [1.82, 2.24) is 16.0 Å². The lowest BCUT2D eigenvalue weighted by molar-refractivity contribution is -0.121. The van der Waals surface area contributed by atoms with Crippen molar-refractivity contribution in [2.24, 2.45) is 4.99 Å². The van der Waals surface area contributed by atoms with Gasteiger partial charge in [-0.2, -0.15) is 0 Å². The van der Waals surface area contributed by atoms with Crippen LogP contribution in [0.2, 0.25) is 0 Å². The predicted molar refractivity (Wildman–Crippen MR) is 115 cm³/mol. The monoisotopic (exact) mass is 528 g/mol. The van der Waals surface area contributed by atoms with Crippen LogP contribution in [0.25, 0.3) is 0 Å². The van der Waals surface area contributed by atoms with Crippen LogP contribution in [-0.4, -0.2) is 37.5 Å². The van der Waals surface area contributed by atoms with Gasteiger partial charge in [-0.05, 0) is 51.3 Å². The second kappa shape index (κ2) is 11.7. The zero-order valence-electron chi connectivity index (χ0n) is 15.1. The summed E-state index contributed by atoms with van der Waals surface area (Å²) in [5.41, 5.74) is 0.428. The van der Waals surface area contributed by atoms with Crippen molar-refractivity contribution in [2.75, 3.05) is 20.1 Å². The molecule has 3 N–H and O–H groups in total. The van der Waals surface area contributed by atoms with Crippen LogP contribution in [0.3, 0.4) is 0 Å². The van der Waals surface area contributed by atoms with E-state index in [1.807, 2.05) is 26.8 Å². The summed E-state index contributed by atoms with van der Waals surface area (Å²) in [5, 5.41) is 8.94. The molecule has 25 heavy (non-hydrogen) atoms. The first-order valence-electron chi connectivity index (χ1n) is 7.91. The van der Waals surface area contributed by atoms with E-state index in [4.69, 9.17) is 0 Å². The minimum Gasteiger partial charge on any atom is -0.356 e. The Morgan fingerprint density at radius 3 is 2.52 bits per heavy atom. The van der Waals surface area contributed by atoms with Crippen molar-refractivity contribution < 1.29 is 9.18 Å². The molecule has 0 atom stereocenters. The molecule has 8 heteroatoms.